The Morgan fingerprint density at radius 1 is 0.812 bits per heavy atom. The molecule has 0 heterocycles. The van der Waals surface area contributed by atoms with Crippen LogP contribution < -0.4 is 0 Å². The second-order valence-electron chi connectivity index (χ2n) is 3.24. The minimum atomic E-state index is -6.13. The molecule has 0 radical (unpaired) electrons. The van der Waals surface area contributed by atoms with Crippen molar-refractivity contribution in [1.29, 1.82) is 0 Å². The molecule has 0 unspecified atom stereocenters. The third kappa shape index (κ3) is 1.39. The summed E-state index contributed by atoms with van der Waals surface area (Å²) in [6.07, 6.45) is -5.95. The molecule has 1 saturated carbocycles. The predicted octanol–water partition coefficient (Wildman–Crippen LogP) is 3.69. The van der Waals surface area contributed by atoms with E-state index in [1.807, 2.05) is 0 Å². The molecule has 0 aromatic carbocycles. The third-order valence-corrected chi connectivity index (χ3v) is 2.75. The van der Waals surface area contributed by atoms with Gasteiger partial charge in [-0.1, -0.05) is 0 Å². The van der Waals surface area contributed by atoms with Gasteiger partial charge in [-0.05, 0) is 0 Å². The van der Waals surface area contributed by atoms with Gasteiger partial charge in [-0.2, -0.15) is 39.5 Å². The van der Waals surface area contributed by atoms with Gasteiger partial charge in [-0.25, -0.2) is 0 Å². The first-order chi connectivity index (χ1) is 6.78. The van der Waals surface area contributed by atoms with E-state index < -0.39 is 35.2 Å². The standard InChI is InChI=1S/C6H2ClF9/c7-2-1(5(12,13)14)3(8,9)6(15,16)4(2,10)11/h1-2H/t1-,2-/m1/s1. The quantitative estimate of drug-likeness (QED) is 0.469. The summed E-state index contributed by atoms with van der Waals surface area (Å²) in [6.45, 7) is 0. The maximum Gasteiger partial charge on any atom is 0.399 e. The van der Waals surface area contributed by atoms with Crippen LogP contribution in [0.25, 0.3) is 0 Å². The van der Waals surface area contributed by atoms with E-state index in [0.717, 1.165) is 0 Å². The Morgan fingerprint density at radius 2 is 1.19 bits per heavy atom. The van der Waals surface area contributed by atoms with E-state index in [-0.39, 0.29) is 0 Å². The molecular formula is C6H2ClF9. The van der Waals surface area contributed by atoms with Crippen molar-refractivity contribution in [3.8, 4) is 0 Å². The Bertz CT molecular complexity index is 293. The lowest BCUT2D eigenvalue weighted by Gasteiger charge is -2.25. The van der Waals surface area contributed by atoms with Gasteiger partial charge in [0.25, 0.3) is 0 Å². The molecule has 0 N–H and O–H groups in total. The molecular weight excluding hydrogens is 279 g/mol. The van der Waals surface area contributed by atoms with Crippen LogP contribution in [-0.2, 0) is 0 Å². The van der Waals surface area contributed by atoms with E-state index in [9.17, 15) is 39.5 Å². The molecule has 2 atom stereocenters. The van der Waals surface area contributed by atoms with Crippen molar-refractivity contribution in [2.24, 2.45) is 5.92 Å². The van der Waals surface area contributed by atoms with Crippen LogP contribution in [0, 0.1) is 5.92 Å². The predicted molar refractivity (Wildman–Crippen MR) is 34.0 cm³/mol. The van der Waals surface area contributed by atoms with Gasteiger partial charge in [0.05, 0.1) is 0 Å². The zero-order valence-electron chi connectivity index (χ0n) is 6.93. The highest BCUT2D eigenvalue weighted by Crippen LogP contribution is 2.64. The van der Waals surface area contributed by atoms with Crippen LogP contribution in [-0.4, -0.2) is 29.3 Å². The molecule has 1 fully saturated rings. The van der Waals surface area contributed by atoms with Crippen molar-refractivity contribution in [3.63, 3.8) is 0 Å². The van der Waals surface area contributed by atoms with Gasteiger partial charge >= 0.3 is 23.9 Å². The summed E-state index contributed by atoms with van der Waals surface area (Å²) in [6, 6.07) is 0. The Kier molecular flexibility index (Phi) is 2.67. The number of hydrogen-bond donors (Lipinski definition) is 0. The SMILES string of the molecule is FC(F)(F)[C@@H]1[C@@H](Cl)C(F)(F)C(F)(F)C1(F)F. The van der Waals surface area contributed by atoms with Crippen molar-refractivity contribution in [2.45, 2.75) is 29.3 Å². The number of rotatable bonds is 0. The first-order valence-electron chi connectivity index (χ1n) is 3.62. The molecule has 0 spiro atoms. The monoisotopic (exact) mass is 280 g/mol. The topological polar surface area (TPSA) is 0 Å². The van der Waals surface area contributed by atoms with Crippen molar-refractivity contribution < 1.29 is 39.5 Å². The van der Waals surface area contributed by atoms with Gasteiger partial charge in [0, 0.05) is 0 Å². The third-order valence-electron chi connectivity index (χ3n) is 2.22. The van der Waals surface area contributed by atoms with E-state index in [2.05, 4.69) is 11.6 Å². The fourth-order valence-corrected chi connectivity index (χ4v) is 1.79. The highest BCUT2D eigenvalue weighted by atomic mass is 35.5. The zero-order valence-corrected chi connectivity index (χ0v) is 7.69. The fraction of sp³-hybridized carbons (Fsp3) is 1.00. The molecule has 1 rings (SSSR count). The maximum absolute atomic E-state index is 12.6. The minimum absolute atomic E-state index is 3.71. The van der Waals surface area contributed by atoms with Crippen LogP contribution in [0.3, 0.4) is 0 Å². The van der Waals surface area contributed by atoms with Gasteiger partial charge in [0.2, 0.25) is 0 Å². The van der Waals surface area contributed by atoms with Crippen LogP contribution in [0.4, 0.5) is 39.5 Å². The number of halogens is 10. The van der Waals surface area contributed by atoms with Crippen LogP contribution in [0.15, 0.2) is 0 Å². The van der Waals surface area contributed by atoms with Crippen molar-refractivity contribution in [2.75, 3.05) is 0 Å². The fourth-order valence-electron chi connectivity index (χ4n) is 1.36. The Hall–Kier alpha value is -0.340. The number of hydrogen-bond acceptors (Lipinski definition) is 0. The molecule has 0 amide bonds. The average molecular weight is 281 g/mol. The molecule has 0 nitrogen and oxygen atoms in total. The van der Waals surface area contributed by atoms with Gasteiger partial charge in [0.15, 0.2) is 0 Å². The summed E-state index contributed by atoms with van der Waals surface area (Å²) in [7, 11) is 0. The van der Waals surface area contributed by atoms with Crippen LogP contribution in [0.5, 0.6) is 0 Å². The summed E-state index contributed by atoms with van der Waals surface area (Å²) in [5.74, 6) is -22.0. The van der Waals surface area contributed by atoms with E-state index in [4.69, 9.17) is 0 Å². The van der Waals surface area contributed by atoms with Gasteiger partial charge in [-0.3, -0.25) is 0 Å². The van der Waals surface area contributed by atoms with Crippen molar-refractivity contribution in [1.82, 2.24) is 0 Å². The van der Waals surface area contributed by atoms with Crippen LogP contribution in [0.2, 0.25) is 0 Å². The minimum Gasteiger partial charge on any atom is -0.199 e. The summed E-state index contributed by atoms with van der Waals surface area (Å²) in [5.41, 5.74) is 0. The normalized spacial score (nSPS) is 36.4. The molecule has 0 aromatic heterocycles. The zero-order chi connectivity index (χ0) is 13.2. The molecule has 1 aliphatic carbocycles. The summed E-state index contributed by atoms with van der Waals surface area (Å²) in [5, 5.41) is -3.71. The Balaban J connectivity index is 3.36. The lowest BCUT2D eigenvalue weighted by Crippen LogP contribution is -2.50. The summed E-state index contributed by atoms with van der Waals surface area (Å²) < 4.78 is 111. The molecule has 0 aliphatic heterocycles. The van der Waals surface area contributed by atoms with Crippen molar-refractivity contribution in [3.05, 3.63) is 0 Å². The lowest BCUT2D eigenvalue weighted by atomic mass is 10.0. The van der Waals surface area contributed by atoms with E-state index in [0.29, 0.717) is 0 Å². The first-order valence-corrected chi connectivity index (χ1v) is 4.05. The number of alkyl halides is 10. The highest BCUT2D eigenvalue weighted by molar-refractivity contribution is 6.22. The molecule has 0 saturated heterocycles. The van der Waals surface area contributed by atoms with Gasteiger partial charge < -0.3 is 0 Å². The maximum atomic E-state index is 12.6. The van der Waals surface area contributed by atoms with E-state index in [1.54, 1.807) is 0 Å². The molecule has 0 aromatic rings. The van der Waals surface area contributed by atoms with E-state index >= 15 is 0 Å². The average Bonchev–Trinajstić information content (AvgIpc) is 2.06. The molecule has 0 bridgehead atoms. The lowest BCUT2D eigenvalue weighted by molar-refractivity contribution is -0.301. The summed E-state index contributed by atoms with van der Waals surface area (Å²) in [4.78, 5) is 0. The molecule has 1 aliphatic rings. The van der Waals surface area contributed by atoms with Gasteiger partial charge in [0.1, 0.15) is 11.3 Å². The Morgan fingerprint density at radius 3 is 1.31 bits per heavy atom. The largest absolute Gasteiger partial charge is 0.399 e. The Labute approximate surface area is 87.4 Å². The van der Waals surface area contributed by atoms with Gasteiger partial charge in [-0.15, -0.1) is 11.6 Å². The first kappa shape index (κ1) is 13.7. The van der Waals surface area contributed by atoms with Crippen LogP contribution in [0.1, 0.15) is 0 Å². The van der Waals surface area contributed by atoms with Crippen LogP contribution >= 0.6 is 11.6 Å². The molecule has 96 valence electrons. The molecule has 10 heteroatoms. The highest BCUT2D eigenvalue weighted by Gasteiger charge is 2.88. The smallest absolute Gasteiger partial charge is 0.199 e. The van der Waals surface area contributed by atoms with E-state index in [1.165, 1.54) is 0 Å². The summed E-state index contributed by atoms with van der Waals surface area (Å²) >= 11 is 4.39. The second-order valence-corrected chi connectivity index (χ2v) is 3.71. The second kappa shape index (κ2) is 3.11. The molecule has 16 heavy (non-hydrogen) atoms. The van der Waals surface area contributed by atoms with Crippen molar-refractivity contribution >= 4 is 11.6 Å².